The van der Waals surface area contributed by atoms with Crippen LogP contribution in [0.5, 0.6) is 0 Å². The molecule has 2 fully saturated rings. The number of rotatable bonds is 8. The van der Waals surface area contributed by atoms with Crippen LogP contribution < -0.4 is 5.32 Å². The number of aliphatic carboxylic acids is 1. The molecule has 112 valence electrons. The summed E-state index contributed by atoms with van der Waals surface area (Å²) in [7, 11) is 0. The lowest BCUT2D eigenvalue weighted by atomic mass is 9.85. The predicted molar refractivity (Wildman–Crippen MR) is 73.4 cm³/mol. The molecule has 0 aromatic carbocycles. The fourth-order valence-electron chi connectivity index (χ4n) is 2.50. The average Bonchev–Trinajstić information content (AvgIpc) is 3.13. The Labute approximate surface area is 118 Å². The van der Waals surface area contributed by atoms with Gasteiger partial charge in [-0.15, -0.1) is 0 Å². The topological polar surface area (TPSA) is 78.9 Å². The number of carbonyl (C=O) groups is 2. The maximum Gasteiger partial charge on any atom is 0.407 e. The van der Waals surface area contributed by atoms with Crippen LogP contribution in [0.1, 0.15) is 25.7 Å². The number of alkyl carbamates (subject to hydrolysis) is 1. The second-order valence-corrected chi connectivity index (χ2v) is 5.62. The summed E-state index contributed by atoms with van der Waals surface area (Å²) in [5.41, 5.74) is 0. The van der Waals surface area contributed by atoms with Gasteiger partial charge in [0.05, 0.1) is 6.54 Å². The molecule has 2 saturated carbocycles. The lowest BCUT2D eigenvalue weighted by Crippen LogP contribution is -2.55. The quantitative estimate of drug-likeness (QED) is 0.655. The highest BCUT2D eigenvalue weighted by Crippen LogP contribution is 2.33. The molecule has 2 aliphatic rings. The SMILES string of the molecule is C=CCOC(=O)NC1CC(N(CC(=O)O)CC2CC2)C1. The van der Waals surface area contributed by atoms with E-state index in [9.17, 15) is 9.59 Å². The van der Waals surface area contributed by atoms with Crippen molar-refractivity contribution in [2.45, 2.75) is 37.8 Å². The normalized spacial score (nSPS) is 24.9. The van der Waals surface area contributed by atoms with E-state index in [-0.39, 0.29) is 25.2 Å². The van der Waals surface area contributed by atoms with Crippen LogP contribution in [-0.2, 0) is 9.53 Å². The van der Waals surface area contributed by atoms with Gasteiger partial charge in [-0.25, -0.2) is 4.79 Å². The largest absolute Gasteiger partial charge is 0.480 e. The van der Waals surface area contributed by atoms with Gasteiger partial charge in [-0.1, -0.05) is 12.7 Å². The summed E-state index contributed by atoms with van der Waals surface area (Å²) >= 11 is 0. The van der Waals surface area contributed by atoms with Crippen LogP contribution in [0.3, 0.4) is 0 Å². The first-order chi connectivity index (χ1) is 9.58. The molecule has 2 rings (SSSR count). The van der Waals surface area contributed by atoms with E-state index in [1.54, 1.807) is 0 Å². The summed E-state index contributed by atoms with van der Waals surface area (Å²) in [4.78, 5) is 24.3. The fraction of sp³-hybridized carbons (Fsp3) is 0.714. The number of hydrogen-bond acceptors (Lipinski definition) is 4. The van der Waals surface area contributed by atoms with Crippen LogP contribution in [0.25, 0.3) is 0 Å². The van der Waals surface area contributed by atoms with Crippen molar-refractivity contribution < 1.29 is 19.4 Å². The van der Waals surface area contributed by atoms with Gasteiger partial charge in [-0.3, -0.25) is 9.69 Å². The van der Waals surface area contributed by atoms with E-state index < -0.39 is 12.1 Å². The number of nitrogens with one attached hydrogen (secondary N) is 1. The van der Waals surface area contributed by atoms with Gasteiger partial charge in [0.2, 0.25) is 0 Å². The molecule has 0 aliphatic heterocycles. The zero-order valence-corrected chi connectivity index (χ0v) is 11.6. The van der Waals surface area contributed by atoms with E-state index in [1.165, 1.54) is 18.9 Å². The standard InChI is InChI=1S/C14H22N2O4/c1-2-5-20-14(19)15-11-6-12(7-11)16(9-13(17)18)8-10-3-4-10/h2,10-12H,1,3-9H2,(H,15,19)(H,17,18). The maximum absolute atomic E-state index is 11.4. The minimum absolute atomic E-state index is 0.0906. The van der Waals surface area contributed by atoms with Crippen molar-refractivity contribution in [3.8, 4) is 0 Å². The Morgan fingerprint density at radius 2 is 2.10 bits per heavy atom. The highest BCUT2D eigenvalue weighted by molar-refractivity contribution is 5.69. The monoisotopic (exact) mass is 282 g/mol. The number of carboxylic acid groups (broad SMARTS) is 1. The minimum atomic E-state index is -0.785. The van der Waals surface area contributed by atoms with Crippen molar-refractivity contribution in [2.24, 2.45) is 5.92 Å². The molecule has 0 heterocycles. The van der Waals surface area contributed by atoms with E-state index in [4.69, 9.17) is 9.84 Å². The van der Waals surface area contributed by atoms with Crippen molar-refractivity contribution in [1.82, 2.24) is 10.2 Å². The van der Waals surface area contributed by atoms with Gasteiger partial charge < -0.3 is 15.2 Å². The highest BCUT2D eigenvalue weighted by atomic mass is 16.5. The van der Waals surface area contributed by atoms with Gasteiger partial charge in [-0.2, -0.15) is 0 Å². The van der Waals surface area contributed by atoms with Crippen LogP contribution in [0.15, 0.2) is 12.7 Å². The van der Waals surface area contributed by atoms with Gasteiger partial charge in [-0.05, 0) is 31.6 Å². The summed E-state index contributed by atoms with van der Waals surface area (Å²) < 4.78 is 4.86. The molecule has 0 saturated heterocycles. The first-order valence-electron chi connectivity index (χ1n) is 7.08. The number of nitrogens with zero attached hydrogens (tertiary/aromatic N) is 1. The third-order valence-electron chi connectivity index (χ3n) is 3.81. The lowest BCUT2D eigenvalue weighted by Gasteiger charge is -2.42. The van der Waals surface area contributed by atoms with Crippen molar-refractivity contribution >= 4 is 12.1 Å². The van der Waals surface area contributed by atoms with Crippen molar-refractivity contribution in [1.29, 1.82) is 0 Å². The van der Waals surface area contributed by atoms with E-state index in [0.717, 1.165) is 19.4 Å². The Kier molecular flexibility index (Phi) is 5.00. The van der Waals surface area contributed by atoms with Gasteiger partial charge in [0.15, 0.2) is 0 Å². The third-order valence-corrected chi connectivity index (χ3v) is 3.81. The zero-order chi connectivity index (χ0) is 14.5. The Morgan fingerprint density at radius 1 is 1.40 bits per heavy atom. The van der Waals surface area contributed by atoms with Gasteiger partial charge >= 0.3 is 12.1 Å². The van der Waals surface area contributed by atoms with Crippen LogP contribution >= 0.6 is 0 Å². The molecule has 2 aliphatic carbocycles. The second-order valence-electron chi connectivity index (χ2n) is 5.62. The third kappa shape index (κ3) is 4.52. The summed E-state index contributed by atoms with van der Waals surface area (Å²) in [5.74, 6) is -0.119. The van der Waals surface area contributed by atoms with Crippen LogP contribution in [0, 0.1) is 5.92 Å². The number of amides is 1. The van der Waals surface area contributed by atoms with Gasteiger partial charge in [0.25, 0.3) is 0 Å². The minimum Gasteiger partial charge on any atom is -0.480 e. The summed E-state index contributed by atoms with van der Waals surface area (Å²) in [5, 5.41) is 11.7. The summed E-state index contributed by atoms with van der Waals surface area (Å²) in [6.07, 6.45) is 5.09. The molecule has 1 amide bonds. The molecule has 0 spiro atoms. The molecule has 0 unspecified atom stereocenters. The Morgan fingerprint density at radius 3 is 2.65 bits per heavy atom. The molecule has 6 heteroatoms. The van der Waals surface area contributed by atoms with E-state index >= 15 is 0 Å². The number of hydrogen-bond donors (Lipinski definition) is 2. The molecule has 0 atom stereocenters. The van der Waals surface area contributed by atoms with E-state index in [2.05, 4.69) is 11.9 Å². The zero-order valence-electron chi connectivity index (χ0n) is 11.6. The van der Waals surface area contributed by atoms with Gasteiger partial charge in [0, 0.05) is 18.6 Å². The van der Waals surface area contributed by atoms with E-state index in [0.29, 0.717) is 5.92 Å². The molecule has 6 nitrogen and oxygen atoms in total. The molecule has 0 aromatic heterocycles. The molecular formula is C14H22N2O4. The van der Waals surface area contributed by atoms with Crippen molar-refractivity contribution in [2.75, 3.05) is 19.7 Å². The van der Waals surface area contributed by atoms with E-state index in [1.807, 2.05) is 4.90 Å². The number of carbonyl (C=O) groups excluding carboxylic acids is 1. The fourth-order valence-corrected chi connectivity index (χ4v) is 2.50. The van der Waals surface area contributed by atoms with Crippen molar-refractivity contribution in [3.05, 3.63) is 12.7 Å². The van der Waals surface area contributed by atoms with Gasteiger partial charge in [0.1, 0.15) is 6.61 Å². The maximum atomic E-state index is 11.4. The summed E-state index contributed by atoms with van der Waals surface area (Å²) in [6.45, 7) is 4.64. The van der Waals surface area contributed by atoms with Crippen LogP contribution in [-0.4, -0.2) is 53.8 Å². The highest BCUT2D eigenvalue weighted by Gasteiger charge is 2.37. The summed E-state index contributed by atoms with van der Waals surface area (Å²) in [6, 6.07) is 0.351. The Balaban J connectivity index is 1.70. The first kappa shape index (κ1) is 14.8. The Hall–Kier alpha value is -1.56. The molecule has 20 heavy (non-hydrogen) atoms. The molecular weight excluding hydrogens is 260 g/mol. The molecule has 2 N–H and O–H groups in total. The average molecular weight is 282 g/mol. The first-order valence-corrected chi connectivity index (χ1v) is 7.08. The molecule has 0 bridgehead atoms. The predicted octanol–water partition coefficient (Wildman–Crippen LogP) is 1.23. The van der Waals surface area contributed by atoms with Crippen LogP contribution in [0.4, 0.5) is 4.79 Å². The Bertz CT molecular complexity index is 375. The smallest absolute Gasteiger partial charge is 0.407 e. The number of ether oxygens (including phenoxy) is 1. The van der Waals surface area contributed by atoms with Crippen molar-refractivity contribution in [3.63, 3.8) is 0 Å². The number of carboxylic acids is 1. The lowest BCUT2D eigenvalue weighted by molar-refractivity contribution is -0.139. The second kappa shape index (κ2) is 6.74. The van der Waals surface area contributed by atoms with Crippen LogP contribution in [0.2, 0.25) is 0 Å². The molecule has 0 aromatic rings. The molecule has 0 radical (unpaired) electrons.